The molecule has 2 atom stereocenters. The third-order valence-electron chi connectivity index (χ3n) is 3.89. The number of nitrogens with zero attached hydrogens (tertiary/aromatic N) is 3. The predicted molar refractivity (Wildman–Crippen MR) is 88.6 cm³/mol. The second-order valence-electron chi connectivity index (χ2n) is 5.64. The van der Waals surface area contributed by atoms with Gasteiger partial charge in [-0.05, 0) is 5.56 Å². The van der Waals surface area contributed by atoms with Crippen LogP contribution < -0.4 is 10.2 Å². The lowest BCUT2D eigenvalue weighted by atomic mass is 10.2. The van der Waals surface area contributed by atoms with Gasteiger partial charge in [0.05, 0.1) is 18.7 Å². The van der Waals surface area contributed by atoms with E-state index in [1.54, 1.807) is 0 Å². The maximum absolute atomic E-state index is 11.4. The van der Waals surface area contributed by atoms with Gasteiger partial charge in [-0.3, -0.25) is 9.48 Å². The minimum atomic E-state index is -0.624. The van der Waals surface area contributed by atoms with Crippen molar-refractivity contribution in [3.8, 4) is 0 Å². The minimum absolute atomic E-state index is 0.102. The number of nitrogens with one attached hydrogen (secondary N) is 1. The van der Waals surface area contributed by atoms with Crippen LogP contribution in [0.1, 0.15) is 5.56 Å². The number of hydrogen-bond donors (Lipinski definition) is 2. The normalized spacial score (nSPS) is 20.7. The van der Waals surface area contributed by atoms with Gasteiger partial charge in [0, 0.05) is 25.4 Å². The molecule has 23 heavy (non-hydrogen) atoms. The number of anilines is 1. The highest BCUT2D eigenvalue weighted by Gasteiger charge is 2.33. The molecule has 1 aliphatic heterocycles. The van der Waals surface area contributed by atoms with Gasteiger partial charge in [0.1, 0.15) is 5.88 Å². The fraction of sp³-hybridized carbons (Fsp3) is 0.375. The summed E-state index contributed by atoms with van der Waals surface area (Å²) in [6.45, 7) is 1.66. The number of aliphatic hydroxyl groups is 1. The standard InChI is InChI=1S/C16H19ClN4O2/c17-8-16(23)18-13-10-20(11-14(13)22)15-6-7-21(19-15)9-12-4-2-1-3-5-12/h1-7,13-14,22H,8-11H2,(H,18,23)/t13-,14+/m0/s1. The lowest BCUT2D eigenvalue weighted by molar-refractivity contribution is -0.119. The van der Waals surface area contributed by atoms with Crippen LogP contribution in [0.25, 0.3) is 0 Å². The molecular weight excluding hydrogens is 316 g/mol. The predicted octanol–water partition coefficient (Wildman–Crippen LogP) is 0.836. The number of β-amino-alcohol motifs (C(OH)–C–C–N with tert-alkyl or cyclic N) is 1. The Morgan fingerprint density at radius 2 is 2.09 bits per heavy atom. The molecule has 1 saturated heterocycles. The summed E-state index contributed by atoms with van der Waals surface area (Å²) in [6, 6.07) is 11.7. The maximum atomic E-state index is 11.4. The van der Waals surface area contributed by atoms with E-state index in [1.165, 1.54) is 5.56 Å². The maximum Gasteiger partial charge on any atom is 0.235 e. The van der Waals surface area contributed by atoms with Gasteiger partial charge in [-0.2, -0.15) is 5.10 Å². The molecule has 2 heterocycles. The Morgan fingerprint density at radius 3 is 2.83 bits per heavy atom. The molecule has 0 saturated carbocycles. The summed E-state index contributed by atoms with van der Waals surface area (Å²) in [5.74, 6) is 0.421. The summed E-state index contributed by atoms with van der Waals surface area (Å²) in [4.78, 5) is 13.3. The summed E-state index contributed by atoms with van der Waals surface area (Å²) >= 11 is 5.49. The van der Waals surface area contributed by atoms with Gasteiger partial charge in [0.25, 0.3) is 0 Å². The smallest absolute Gasteiger partial charge is 0.235 e. The average molecular weight is 335 g/mol. The number of benzene rings is 1. The number of halogens is 1. The first kappa shape index (κ1) is 15.8. The highest BCUT2D eigenvalue weighted by atomic mass is 35.5. The van der Waals surface area contributed by atoms with Gasteiger partial charge in [0.15, 0.2) is 5.82 Å². The van der Waals surface area contributed by atoms with Crippen LogP contribution in [0, 0.1) is 0 Å². The SMILES string of the molecule is O=C(CCl)N[C@H]1CN(c2ccn(Cc3ccccc3)n2)C[C@H]1O. The van der Waals surface area contributed by atoms with Crippen LogP contribution in [0.15, 0.2) is 42.6 Å². The Kier molecular flexibility index (Phi) is 4.83. The summed E-state index contributed by atoms with van der Waals surface area (Å²) in [5, 5.41) is 17.3. The zero-order chi connectivity index (χ0) is 16.2. The van der Waals surface area contributed by atoms with Crippen molar-refractivity contribution in [1.29, 1.82) is 0 Å². The number of hydrogen-bond acceptors (Lipinski definition) is 4. The molecule has 7 heteroatoms. The molecule has 0 radical (unpaired) electrons. The van der Waals surface area contributed by atoms with E-state index in [9.17, 15) is 9.90 Å². The number of carbonyl (C=O) groups is 1. The highest BCUT2D eigenvalue weighted by molar-refractivity contribution is 6.27. The third-order valence-corrected chi connectivity index (χ3v) is 4.14. The van der Waals surface area contributed by atoms with Gasteiger partial charge < -0.3 is 15.3 Å². The molecular formula is C16H19ClN4O2. The van der Waals surface area contributed by atoms with Crippen LogP contribution in [0.5, 0.6) is 0 Å². The number of aliphatic hydroxyl groups excluding tert-OH is 1. The molecule has 1 aromatic carbocycles. The summed E-state index contributed by atoms with van der Waals surface area (Å²) in [5.41, 5.74) is 1.18. The molecule has 0 spiro atoms. The van der Waals surface area contributed by atoms with E-state index in [2.05, 4.69) is 22.5 Å². The summed E-state index contributed by atoms with van der Waals surface area (Å²) in [7, 11) is 0. The molecule has 2 aromatic rings. The van der Waals surface area contributed by atoms with Crippen molar-refractivity contribution >= 4 is 23.3 Å². The first-order chi connectivity index (χ1) is 11.2. The molecule has 1 aliphatic rings. The van der Waals surface area contributed by atoms with Gasteiger partial charge in [-0.15, -0.1) is 11.6 Å². The van der Waals surface area contributed by atoms with E-state index in [-0.39, 0.29) is 17.8 Å². The van der Waals surface area contributed by atoms with Gasteiger partial charge in [-0.1, -0.05) is 30.3 Å². The molecule has 2 N–H and O–H groups in total. The fourth-order valence-electron chi connectivity index (χ4n) is 2.74. The van der Waals surface area contributed by atoms with Crippen LogP contribution in [0.2, 0.25) is 0 Å². The minimum Gasteiger partial charge on any atom is -0.389 e. The van der Waals surface area contributed by atoms with Gasteiger partial charge >= 0.3 is 0 Å². The van der Waals surface area contributed by atoms with E-state index in [1.807, 2.05) is 40.0 Å². The van der Waals surface area contributed by atoms with Crippen LogP contribution >= 0.6 is 11.6 Å². The Labute approximate surface area is 139 Å². The number of rotatable bonds is 5. The first-order valence-corrected chi connectivity index (χ1v) is 8.05. The van der Waals surface area contributed by atoms with Crippen molar-refractivity contribution in [3.05, 3.63) is 48.2 Å². The lowest BCUT2D eigenvalue weighted by Gasteiger charge is -2.15. The molecule has 1 amide bonds. The van der Waals surface area contributed by atoms with Crippen LogP contribution in [-0.2, 0) is 11.3 Å². The van der Waals surface area contributed by atoms with Gasteiger partial charge in [0.2, 0.25) is 5.91 Å². The van der Waals surface area contributed by atoms with E-state index in [0.717, 1.165) is 5.82 Å². The largest absolute Gasteiger partial charge is 0.389 e. The molecule has 3 rings (SSSR count). The van der Waals surface area contributed by atoms with Crippen LogP contribution in [0.3, 0.4) is 0 Å². The van der Waals surface area contributed by atoms with E-state index in [4.69, 9.17) is 11.6 Å². The Morgan fingerprint density at radius 1 is 1.30 bits per heavy atom. The summed E-state index contributed by atoms with van der Waals surface area (Å²) in [6.07, 6.45) is 1.29. The van der Waals surface area contributed by atoms with Crippen molar-refractivity contribution in [1.82, 2.24) is 15.1 Å². The van der Waals surface area contributed by atoms with Crippen LogP contribution in [0.4, 0.5) is 5.82 Å². The van der Waals surface area contributed by atoms with Crippen molar-refractivity contribution in [2.45, 2.75) is 18.7 Å². The number of alkyl halides is 1. The monoisotopic (exact) mass is 334 g/mol. The fourth-order valence-corrected chi connectivity index (χ4v) is 2.82. The Balaban J connectivity index is 1.63. The highest BCUT2D eigenvalue weighted by Crippen LogP contribution is 2.19. The number of carbonyl (C=O) groups excluding carboxylic acids is 1. The molecule has 0 bridgehead atoms. The Bertz CT molecular complexity index is 661. The quantitative estimate of drug-likeness (QED) is 0.795. The summed E-state index contributed by atoms with van der Waals surface area (Å²) < 4.78 is 1.86. The second-order valence-corrected chi connectivity index (χ2v) is 5.90. The molecule has 0 unspecified atom stereocenters. The first-order valence-electron chi connectivity index (χ1n) is 7.51. The van der Waals surface area contributed by atoms with Crippen molar-refractivity contribution < 1.29 is 9.90 Å². The Hall–Kier alpha value is -2.05. The van der Waals surface area contributed by atoms with E-state index < -0.39 is 6.10 Å². The topological polar surface area (TPSA) is 70.4 Å². The second kappa shape index (κ2) is 7.02. The van der Waals surface area contributed by atoms with Crippen molar-refractivity contribution in [2.24, 2.45) is 0 Å². The van der Waals surface area contributed by atoms with Gasteiger partial charge in [-0.25, -0.2) is 0 Å². The molecule has 1 aromatic heterocycles. The number of aromatic nitrogens is 2. The van der Waals surface area contributed by atoms with Crippen molar-refractivity contribution in [2.75, 3.05) is 23.9 Å². The number of amides is 1. The third kappa shape index (κ3) is 3.83. The van der Waals surface area contributed by atoms with Crippen molar-refractivity contribution in [3.63, 3.8) is 0 Å². The average Bonchev–Trinajstić information content (AvgIpc) is 3.15. The molecule has 122 valence electrons. The van der Waals surface area contributed by atoms with Crippen LogP contribution in [-0.4, -0.2) is 51.9 Å². The zero-order valence-corrected chi connectivity index (χ0v) is 13.4. The van der Waals surface area contributed by atoms with E-state index >= 15 is 0 Å². The zero-order valence-electron chi connectivity index (χ0n) is 12.6. The molecule has 6 nitrogen and oxygen atoms in total. The molecule has 1 fully saturated rings. The molecule has 0 aliphatic carbocycles. The van der Waals surface area contributed by atoms with E-state index in [0.29, 0.717) is 19.6 Å². The lowest BCUT2D eigenvalue weighted by Crippen LogP contribution is -2.43.